The van der Waals surface area contributed by atoms with Crippen molar-refractivity contribution in [3.8, 4) is 11.5 Å². The van der Waals surface area contributed by atoms with Crippen LogP contribution in [0.15, 0.2) is 24.5 Å². The second-order valence-electron chi connectivity index (χ2n) is 6.62. The van der Waals surface area contributed by atoms with Crippen LogP contribution in [0, 0.1) is 0 Å². The number of carbonyl (C=O) groups excluding carboxylic acids is 1. The second kappa shape index (κ2) is 7.25. The summed E-state index contributed by atoms with van der Waals surface area (Å²) in [5, 5.41) is 6.11. The van der Waals surface area contributed by atoms with Gasteiger partial charge in [0.25, 0.3) is 5.91 Å². The Labute approximate surface area is 169 Å². The van der Waals surface area contributed by atoms with E-state index >= 15 is 0 Å². The molecule has 28 heavy (non-hydrogen) atoms. The van der Waals surface area contributed by atoms with Crippen molar-refractivity contribution in [2.75, 3.05) is 17.2 Å². The second-order valence-corrected chi connectivity index (χ2v) is 7.43. The van der Waals surface area contributed by atoms with Crippen molar-refractivity contribution in [1.29, 1.82) is 0 Å². The van der Waals surface area contributed by atoms with Gasteiger partial charge >= 0.3 is 6.61 Å². The molecule has 10 heteroatoms. The first-order valence-corrected chi connectivity index (χ1v) is 9.29. The SMILES string of the molecule is O=C(Nc1c(Cl)cncc1Cl)c1ccc(OC(F)F)c2c1NCC1(CCC1)O2. The van der Waals surface area contributed by atoms with Crippen LogP contribution in [0.4, 0.5) is 20.2 Å². The first-order valence-electron chi connectivity index (χ1n) is 8.54. The molecule has 6 nitrogen and oxygen atoms in total. The van der Waals surface area contributed by atoms with E-state index in [2.05, 4.69) is 20.4 Å². The van der Waals surface area contributed by atoms with Gasteiger partial charge in [0.1, 0.15) is 5.60 Å². The third kappa shape index (κ3) is 3.42. The highest BCUT2D eigenvalue weighted by atomic mass is 35.5. The smallest absolute Gasteiger partial charge is 0.387 e. The van der Waals surface area contributed by atoms with Crippen LogP contribution < -0.4 is 20.1 Å². The predicted molar refractivity (Wildman–Crippen MR) is 101 cm³/mol. The number of nitrogens with one attached hydrogen (secondary N) is 2. The quantitative estimate of drug-likeness (QED) is 0.717. The Kier molecular flexibility index (Phi) is 4.93. The lowest BCUT2D eigenvalue weighted by molar-refractivity contribution is -0.0576. The summed E-state index contributed by atoms with van der Waals surface area (Å²) in [5.41, 5.74) is 0.224. The number of alkyl halides is 2. The average molecular weight is 430 g/mol. The van der Waals surface area contributed by atoms with E-state index < -0.39 is 18.1 Å². The standard InChI is InChI=1S/C18H15Cl2F2N3O3/c19-10-6-23-7-11(20)14(10)25-16(26)9-2-3-12(27-17(21)22)15-13(9)24-8-18(28-15)4-1-5-18/h2-3,6-7,17,24H,1,4-5,8H2,(H,23,25,26). The molecule has 0 radical (unpaired) electrons. The number of pyridine rings is 1. The number of ether oxygens (including phenoxy) is 2. The molecule has 0 unspecified atom stereocenters. The van der Waals surface area contributed by atoms with Crippen LogP contribution in [-0.2, 0) is 0 Å². The first-order chi connectivity index (χ1) is 13.4. The fraction of sp³-hybridized carbons (Fsp3) is 0.333. The van der Waals surface area contributed by atoms with E-state index in [0.29, 0.717) is 6.54 Å². The van der Waals surface area contributed by atoms with E-state index in [4.69, 9.17) is 27.9 Å². The fourth-order valence-electron chi connectivity index (χ4n) is 3.28. The number of amides is 1. The summed E-state index contributed by atoms with van der Waals surface area (Å²) in [4.78, 5) is 16.7. The van der Waals surface area contributed by atoms with Crippen molar-refractivity contribution in [2.45, 2.75) is 31.5 Å². The van der Waals surface area contributed by atoms with Gasteiger partial charge in [0.05, 0.1) is 33.5 Å². The molecule has 2 heterocycles. The third-order valence-electron chi connectivity index (χ3n) is 4.84. The Bertz CT molecular complexity index is 918. The minimum atomic E-state index is -3.01. The predicted octanol–water partition coefficient (Wildman–Crippen LogP) is 4.97. The maximum Gasteiger partial charge on any atom is 0.387 e. The molecule has 1 spiro atoms. The summed E-state index contributed by atoms with van der Waals surface area (Å²) in [5.74, 6) is -0.554. The van der Waals surface area contributed by atoms with Gasteiger partial charge in [0.2, 0.25) is 0 Å². The van der Waals surface area contributed by atoms with Crippen molar-refractivity contribution in [1.82, 2.24) is 4.98 Å². The average Bonchev–Trinajstić information content (AvgIpc) is 2.63. The largest absolute Gasteiger partial charge is 0.479 e. The van der Waals surface area contributed by atoms with Crippen LogP contribution in [0.25, 0.3) is 0 Å². The molecule has 1 aromatic carbocycles. The molecule has 1 amide bonds. The Morgan fingerprint density at radius 1 is 1.29 bits per heavy atom. The normalized spacial score (nSPS) is 16.6. The summed E-state index contributed by atoms with van der Waals surface area (Å²) in [6.07, 6.45) is 5.28. The molecular formula is C18H15Cl2F2N3O3. The monoisotopic (exact) mass is 429 g/mol. The van der Waals surface area contributed by atoms with Gasteiger partial charge in [0, 0.05) is 12.4 Å². The van der Waals surface area contributed by atoms with Crippen LogP contribution in [0.2, 0.25) is 10.0 Å². The number of hydrogen-bond acceptors (Lipinski definition) is 5. The molecule has 2 N–H and O–H groups in total. The van der Waals surface area contributed by atoms with Crippen LogP contribution in [0.1, 0.15) is 29.6 Å². The van der Waals surface area contributed by atoms with Crippen molar-refractivity contribution in [3.05, 3.63) is 40.1 Å². The minimum absolute atomic E-state index is 0.103. The Hall–Kier alpha value is -2.32. The van der Waals surface area contributed by atoms with Crippen LogP contribution >= 0.6 is 23.2 Å². The highest BCUT2D eigenvalue weighted by Gasteiger charge is 2.44. The van der Waals surface area contributed by atoms with Crippen molar-refractivity contribution in [3.63, 3.8) is 0 Å². The summed E-state index contributed by atoms with van der Waals surface area (Å²) in [6.45, 7) is -2.55. The number of halogens is 4. The number of hydrogen-bond donors (Lipinski definition) is 2. The molecule has 1 saturated carbocycles. The lowest BCUT2D eigenvalue weighted by atomic mass is 9.79. The van der Waals surface area contributed by atoms with Gasteiger partial charge in [-0.1, -0.05) is 23.2 Å². The maximum atomic E-state index is 12.8. The van der Waals surface area contributed by atoms with E-state index in [1.165, 1.54) is 24.5 Å². The number of nitrogens with zero attached hydrogens (tertiary/aromatic N) is 1. The number of aromatic nitrogens is 1. The van der Waals surface area contributed by atoms with E-state index in [1.54, 1.807) is 0 Å². The molecule has 2 aliphatic rings. The molecule has 4 rings (SSSR count). The molecule has 0 atom stereocenters. The zero-order chi connectivity index (χ0) is 19.9. The molecule has 1 fully saturated rings. The molecule has 2 aromatic rings. The Balaban J connectivity index is 1.70. The van der Waals surface area contributed by atoms with E-state index in [1.807, 2.05) is 0 Å². The van der Waals surface area contributed by atoms with Gasteiger partial charge in [-0.25, -0.2) is 0 Å². The lowest BCUT2D eigenvalue weighted by Crippen LogP contribution is -2.51. The number of benzene rings is 1. The number of fused-ring (bicyclic) bond motifs is 1. The van der Waals surface area contributed by atoms with Crippen molar-refractivity contribution < 1.29 is 23.0 Å². The van der Waals surface area contributed by atoms with Crippen molar-refractivity contribution in [2.24, 2.45) is 0 Å². The molecule has 1 aliphatic heterocycles. The molecular weight excluding hydrogens is 415 g/mol. The molecule has 1 aliphatic carbocycles. The zero-order valence-electron chi connectivity index (χ0n) is 14.4. The Morgan fingerprint density at radius 3 is 2.61 bits per heavy atom. The van der Waals surface area contributed by atoms with Crippen LogP contribution in [0.5, 0.6) is 11.5 Å². The summed E-state index contributed by atoms with van der Waals surface area (Å²) in [7, 11) is 0. The summed E-state index contributed by atoms with van der Waals surface area (Å²) >= 11 is 12.1. The minimum Gasteiger partial charge on any atom is -0.479 e. The molecule has 0 saturated heterocycles. The van der Waals surface area contributed by atoms with Crippen molar-refractivity contribution >= 4 is 40.5 Å². The van der Waals surface area contributed by atoms with Gasteiger partial charge in [-0.15, -0.1) is 0 Å². The molecule has 1 aromatic heterocycles. The summed E-state index contributed by atoms with van der Waals surface area (Å²) < 4.78 is 36.2. The van der Waals surface area contributed by atoms with Crippen LogP contribution in [-0.4, -0.2) is 29.6 Å². The van der Waals surface area contributed by atoms with Gasteiger partial charge in [-0.05, 0) is 31.4 Å². The zero-order valence-corrected chi connectivity index (χ0v) is 15.9. The summed E-state index contributed by atoms with van der Waals surface area (Å²) in [6, 6.07) is 2.67. The van der Waals surface area contributed by atoms with Gasteiger partial charge in [-0.3, -0.25) is 9.78 Å². The van der Waals surface area contributed by atoms with E-state index in [0.717, 1.165) is 19.3 Å². The maximum absolute atomic E-state index is 12.8. The van der Waals surface area contributed by atoms with Gasteiger partial charge < -0.3 is 20.1 Å². The van der Waals surface area contributed by atoms with Crippen LogP contribution in [0.3, 0.4) is 0 Å². The van der Waals surface area contributed by atoms with Gasteiger partial charge in [-0.2, -0.15) is 8.78 Å². The lowest BCUT2D eigenvalue weighted by Gasteiger charge is -2.46. The topological polar surface area (TPSA) is 72.5 Å². The number of carbonyl (C=O) groups is 1. The first kappa shape index (κ1) is 19.0. The number of rotatable bonds is 4. The highest BCUT2D eigenvalue weighted by Crippen LogP contribution is 2.49. The molecule has 148 valence electrons. The molecule has 0 bridgehead atoms. The van der Waals surface area contributed by atoms with E-state index in [-0.39, 0.29) is 38.5 Å². The van der Waals surface area contributed by atoms with E-state index in [9.17, 15) is 13.6 Å². The van der Waals surface area contributed by atoms with Gasteiger partial charge in [0.15, 0.2) is 11.5 Å². The highest BCUT2D eigenvalue weighted by molar-refractivity contribution is 6.39. The number of anilines is 2. The third-order valence-corrected chi connectivity index (χ3v) is 5.42. The Morgan fingerprint density at radius 2 is 2.00 bits per heavy atom. The fourth-order valence-corrected chi connectivity index (χ4v) is 3.74.